The number of amides is 1. The summed E-state index contributed by atoms with van der Waals surface area (Å²) >= 11 is 5.96. The molecule has 2 N–H and O–H groups in total. The molecule has 1 aromatic rings. The number of nitrogens with zero attached hydrogens (tertiary/aromatic N) is 1. The van der Waals surface area contributed by atoms with E-state index in [4.69, 9.17) is 22.1 Å². The Morgan fingerprint density at radius 1 is 1.43 bits per heavy atom. The Labute approximate surface area is 136 Å². The van der Waals surface area contributed by atoms with Gasteiger partial charge < -0.3 is 15.4 Å². The highest BCUT2D eigenvalue weighted by Crippen LogP contribution is 2.24. The Bertz CT molecular complexity index is 512. The van der Waals surface area contributed by atoms with Crippen molar-refractivity contribution in [2.45, 2.75) is 18.9 Å². The monoisotopic (exact) mass is 330 g/mol. The summed E-state index contributed by atoms with van der Waals surface area (Å²) < 4.78 is 5.24. The smallest absolute Gasteiger partial charge is 0.246 e. The van der Waals surface area contributed by atoms with Crippen LogP contribution in [0.5, 0.6) is 5.75 Å². The van der Waals surface area contributed by atoms with Gasteiger partial charge in [0.15, 0.2) is 0 Å². The molecule has 0 unspecified atom stereocenters. The maximum Gasteiger partial charge on any atom is 0.246 e. The molecule has 0 aliphatic carbocycles. The van der Waals surface area contributed by atoms with Crippen molar-refractivity contribution < 1.29 is 9.53 Å². The molecule has 0 spiro atoms. The Hall–Kier alpha value is -1.23. The highest BCUT2D eigenvalue weighted by molar-refractivity contribution is 6.30. The summed E-state index contributed by atoms with van der Waals surface area (Å²) in [6, 6.07) is 5.53. The zero-order valence-electron chi connectivity index (χ0n) is 11.9. The van der Waals surface area contributed by atoms with E-state index in [1.165, 1.54) is 0 Å². The number of rotatable bonds is 3. The molecule has 0 radical (unpaired) electrons. The minimum absolute atomic E-state index is 0. The van der Waals surface area contributed by atoms with Gasteiger partial charge in [-0.1, -0.05) is 11.6 Å². The van der Waals surface area contributed by atoms with Crippen LogP contribution in [-0.4, -0.2) is 37.0 Å². The third-order valence-corrected chi connectivity index (χ3v) is 3.68. The van der Waals surface area contributed by atoms with Gasteiger partial charge in [-0.2, -0.15) is 0 Å². The Morgan fingerprint density at radius 2 is 2.10 bits per heavy atom. The first kappa shape index (κ1) is 17.8. The first-order valence-corrected chi connectivity index (χ1v) is 7.04. The quantitative estimate of drug-likeness (QED) is 0.867. The highest BCUT2D eigenvalue weighted by atomic mass is 35.5. The summed E-state index contributed by atoms with van der Waals surface area (Å²) in [5, 5.41) is 0.613. The number of piperidine rings is 1. The molecule has 0 aromatic heterocycles. The van der Waals surface area contributed by atoms with Crippen LogP contribution in [0.15, 0.2) is 24.3 Å². The Morgan fingerprint density at radius 3 is 2.71 bits per heavy atom. The van der Waals surface area contributed by atoms with Crippen LogP contribution in [0.3, 0.4) is 0 Å². The molecule has 2 rings (SSSR count). The summed E-state index contributed by atoms with van der Waals surface area (Å²) in [5.41, 5.74) is 6.62. The van der Waals surface area contributed by atoms with E-state index in [2.05, 4.69) is 0 Å². The van der Waals surface area contributed by atoms with Crippen LogP contribution in [-0.2, 0) is 4.79 Å². The number of carbonyl (C=O) groups excluding carboxylic acids is 1. The van der Waals surface area contributed by atoms with Crippen LogP contribution < -0.4 is 10.5 Å². The molecule has 0 atom stereocenters. The van der Waals surface area contributed by atoms with Crippen LogP contribution in [0.2, 0.25) is 5.02 Å². The number of hydrogen-bond donors (Lipinski definition) is 1. The fourth-order valence-corrected chi connectivity index (χ4v) is 2.40. The van der Waals surface area contributed by atoms with E-state index in [0.717, 1.165) is 31.5 Å². The molecule has 1 fully saturated rings. The average Bonchev–Trinajstić information content (AvgIpc) is 2.45. The van der Waals surface area contributed by atoms with Gasteiger partial charge in [-0.05, 0) is 37.1 Å². The van der Waals surface area contributed by atoms with E-state index in [1.807, 2.05) is 4.90 Å². The lowest BCUT2D eigenvalue weighted by molar-refractivity contribution is -0.126. The number of benzene rings is 1. The Balaban J connectivity index is 0.00000220. The Kier molecular flexibility index (Phi) is 7.02. The molecule has 1 aliphatic heterocycles. The predicted molar refractivity (Wildman–Crippen MR) is 88.1 cm³/mol. The van der Waals surface area contributed by atoms with Crippen molar-refractivity contribution in [2.24, 2.45) is 5.73 Å². The molecule has 1 aliphatic rings. The molecule has 6 heteroatoms. The van der Waals surface area contributed by atoms with Crippen molar-refractivity contribution in [3.8, 4) is 5.75 Å². The van der Waals surface area contributed by atoms with E-state index >= 15 is 0 Å². The zero-order chi connectivity index (χ0) is 14.5. The highest BCUT2D eigenvalue weighted by Gasteiger charge is 2.18. The van der Waals surface area contributed by atoms with Gasteiger partial charge in [0.2, 0.25) is 5.91 Å². The third kappa shape index (κ3) is 4.92. The number of methoxy groups -OCH3 is 1. The van der Waals surface area contributed by atoms with Crippen LogP contribution in [0, 0.1) is 0 Å². The van der Waals surface area contributed by atoms with E-state index in [0.29, 0.717) is 10.8 Å². The number of carbonyl (C=O) groups is 1. The summed E-state index contributed by atoms with van der Waals surface area (Å²) in [6.45, 7) is 1.44. The normalized spacial score (nSPS) is 15.9. The predicted octanol–water partition coefficient (Wildman–Crippen LogP) is 2.73. The molecule has 4 nitrogen and oxygen atoms in total. The fourth-order valence-electron chi connectivity index (χ4n) is 2.22. The lowest BCUT2D eigenvalue weighted by Gasteiger charge is -2.29. The van der Waals surface area contributed by atoms with Gasteiger partial charge in [-0.3, -0.25) is 4.79 Å². The summed E-state index contributed by atoms with van der Waals surface area (Å²) in [6.07, 6.45) is 5.02. The number of hydrogen-bond acceptors (Lipinski definition) is 3. The van der Waals surface area contributed by atoms with Gasteiger partial charge >= 0.3 is 0 Å². The van der Waals surface area contributed by atoms with Crippen LogP contribution >= 0.6 is 24.0 Å². The zero-order valence-corrected chi connectivity index (χ0v) is 13.5. The number of halogens is 2. The number of nitrogens with two attached hydrogens (primary N) is 1. The number of ether oxygens (including phenoxy) is 1. The van der Waals surface area contributed by atoms with Crippen molar-refractivity contribution >= 4 is 36.0 Å². The first-order chi connectivity index (χ1) is 9.60. The molecular weight excluding hydrogens is 311 g/mol. The van der Waals surface area contributed by atoms with E-state index in [1.54, 1.807) is 37.5 Å². The minimum Gasteiger partial charge on any atom is -0.496 e. The van der Waals surface area contributed by atoms with Gasteiger partial charge in [0, 0.05) is 35.8 Å². The average molecular weight is 331 g/mol. The van der Waals surface area contributed by atoms with E-state index < -0.39 is 0 Å². The van der Waals surface area contributed by atoms with Gasteiger partial charge in [0.1, 0.15) is 5.75 Å². The molecule has 1 aromatic carbocycles. The molecule has 116 valence electrons. The molecule has 1 saturated heterocycles. The topological polar surface area (TPSA) is 55.6 Å². The second-order valence-corrected chi connectivity index (χ2v) is 5.32. The molecule has 0 bridgehead atoms. The number of likely N-dealkylation sites (tertiary alicyclic amines) is 1. The van der Waals surface area contributed by atoms with Crippen molar-refractivity contribution in [2.75, 3.05) is 20.2 Å². The molecule has 1 heterocycles. The standard InChI is InChI=1S/C15H19ClN2O2.ClH/c1-20-14-4-3-12(16)10-11(14)2-5-15(19)18-8-6-13(17)7-9-18;/h2-5,10,13H,6-9,17H2,1H3;1H. The van der Waals surface area contributed by atoms with Gasteiger partial charge in [-0.25, -0.2) is 0 Å². The largest absolute Gasteiger partial charge is 0.496 e. The SMILES string of the molecule is COc1ccc(Cl)cc1C=CC(=O)N1CCC(N)CC1.Cl. The minimum atomic E-state index is -0.000992. The van der Waals surface area contributed by atoms with Crippen LogP contribution in [0.1, 0.15) is 18.4 Å². The van der Waals surface area contributed by atoms with Crippen molar-refractivity contribution in [3.05, 3.63) is 34.9 Å². The fraction of sp³-hybridized carbons (Fsp3) is 0.400. The first-order valence-electron chi connectivity index (χ1n) is 6.66. The van der Waals surface area contributed by atoms with Crippen molar-refractivity contribution in [1.82, 2.24) is 4.90 Å². The van der Waals surface area contributed by atoms with E-state index in [9.17, 15) is 4.79 Å². The maximum atomic E-state index is 12.1. The molecule has 21 heavy (non-hydrogen) atoms. The second-order valence-electron chi connectivity index (χ2n) is 4.88. The maximum absolute atomic E-state index is 12.1. The van der Waals surface area contributed by atoms with Crippen LogP contribution in [0.4, 0.5) is 0 Å². The van der Waals surface area contributed by atoms with Gasteiger partial charge in [-0.15, -0.1) is 12.4 Å². The lowest BCUT2D eigenvalue weighted by Crippen LogP contribution is -2.42. The summed E-state index contributed by atoms with van der Waals surface area (Å²) in [7, 11) is 1.59. The lowest BCUT2D eigenvalue weighted by atomic mass is 10.1. The molecule has 1 amide bonds. The van der Waals surface area contributed by atoms with E-state index in [-0.39, 0.29) is 24.4 Å². The van der Waals surface area contributed by atoms with Crippen molar-refractivity contribution in [1.29, 1.82) is 0 Å². The van der Waals surface area contributed by atoms with Gasteiger partial charge in [0.25, 0.3) is 0 Å². The third-order valence-electron chi connectivity index (χ3n) is 3.45. The molecular formula is C15H20Cl2N2O2. The van der Waals surface area contributed by atoms with Gasteiger partial charge in [0.05, 0.1) is 7.11 Å². The van der Waals surface area contributed by atoms with Crippen molar-refractivity contribution in [3.63, 3.8) is 0 Å². The van der Waals surface area contributed by atoms with Crippen LogP contribution in [0.25, 0.3) is 6.08 Å². The molecule has 0 saturated carbocycles. The summed E-state index contributed by atoms with van der Waals surface area (Å²) in [5.74, 6) is 0.693. The second kappa shape index (κ2) is 8.27. The summed E-state index contributed by atoms with van der Waals surface area (Å²) in [4.78, 5) is 13.9.